The van der Waals surface area contributed by atoms with Crippen molar-refractivity contribution in [3.63, 3.8) is 0 Å². The van der Waals surface area contributed by atoms with E-state index in [-0.39, 0.29) is 16.8 Å². The van der Waals surface area contributed by atoms with Gasteiger partial charge in [-0.25, -0.2) is 0 Å². The molecule has 0 aliphatic rings. The van der Waals surface area contributed by atoms with Gasteiger partial charge in [0.1, 0.15) is 0 Å². The first-order valence-electron chi connectivity index (χ1n) is 2.12. The van der Waals surface area contributed by atoms with Gasteiger partial charge in [0.25, 0.3) is 0 Å². The van der Waals surface area contributed by atoms with Crippen molar-refractivity contribution in [2.75, 3.05) is 6.54 Å². The van der Waals surface area contributed by atoms with Crippen LogP contribution in [0.5, 0.6) is 0 Å². The van der Waals surface area contributed by atoms with Gasteiger partial charge in [-0.05, 0) is 13.0 Å². The van der Waals surface area contributed by atoms with Crippen molar-refractivity contribution in [3.8, 4) is 0 Å². The molecule has 0 heterocycles. The first-order chi connectivity index (χ1) is 2.41. The largest absolute Gasteiger partial charge is 2.00 e. The van der Waals surface area contributed by atoms with E-state index in [0.29, 0.717) is 0 Å². The van der Waals surface area contributed by atoms with Crippen LogP contribution in [-0.4, -0.2) is 6.54 Å². The van der Waals surface area contributed by atoms with Gasteiger partial charge in [0.05, 0.1) is 0 Å². The van der Waals surface area contributed by atoms with Gasteiger partial charge >= 0.3 is 16.8 Å². The molecule has 1 nitrogen and oxygen atoms in total. The Morgan fingerprint density at radius 3 is 2.00 bits per heavy atom. The van der Waals surface area contributed by atoms with Gasteiger partial charge in [-0.2, -0.15) is 0 Å². The van der Waals surface area contributed by atoms with Crippen LogP contribution in [0.3, 0.4) is 0 Å². The first kappa shape index (κ1) is 9.69. The van der Waals surface area contributed by atoms with Crippen molar-refractivity contribution in [3.05, 3.63) is 0 Å². The minimum absolute atomic E-state index is 0. The van der Waals surface area contributed by atoms with E-state index < -0.39 is 0 Å². The number of unbranched alkanes of at least 4 members (excludes halogenated alkanes) is 1. The molecule has 0 spiro atoms. The molecule has 0 rings (SSSR count). The summed E-state index contributed by atoms with van der Waals surface area (Å²) in [6.45, 7) is 2.98. The van der Waals surface area contributed by atoms with Crippen molar-refractivity contribution < 1.29 is 16.8 Å². The molecule has 0 saturated heterocycles. The zero-order chi connectivity index (χ0) is 4.12. The molecule has 0 atom stereocenters. The molecule has 0 unspecified atom stereocenters. The molecular weight excluding hydrogens is 121 g/mol. The number of hydrogen-bond acceptors (Lipinski definition) is 1. The van der Waals surface area contributed by atoms with E-state index in [1.807, 2.05) is 0 Å². The van der Waals surface area contributed by atoms with Crippen LogP contribution < -0.4 is 5.73 Å². The molecule has 0 aromatic rings. The normalized spacial score (nSPS) is 7.00. The smallest absolute Gasteiger partial charge is 0.330 e. The molecule has 0 saturated carbocycles. The Morgan fingerprint density at radius 1 is 1.50 bits per heavy atom. The van der Waals surface area contributed by atoms with Crippen LogP contribution in [0, 0.1) is 0 Å². The van der Waals surface area contributed by atoms with Crippen molar-refractivity contribution in [2.45, 2.75) is 19.8 Å². The van der Waals surface area contributed by atoms with Gasteiger partial charge in [0.2, 0.25) is 0 Å². The fourth-order valence-electron chi connectivity index (χ4n) is 0.204. The van der Waals surface area contributed by atoms with Crippen molar-refractivity contribution in [1.29, 1.82) is 0 Å². The standard InChI is InChI=1S/C4H11N.Co/c1-2-3-4-5;/h2-5H2,1H3;/q;+2. The second-order valence-electron chi connectivity index (χ2n) is 1.14. The molecule has 0 fully saturated rings. The average Bonchev–Trinajstić information content (AvgIpc) is 1.41. The summed E-state index contributed by atoms with van der Waals surface area (Å²) < 4.78 is 0. The van der Waals surface area contributed by atoms with Crippen molar-refractivity contribution in [2.24, 2.45) is 5.73 Å². The molecule has 0 aromatic carbocycles. The third-order valence-electron chi connectivity index (χ3n) is 0.558. The minimum Gasteiger partial charge on any atom is -0.330 e. The molecule has 6 heavy (non-hydrogen) atoms. The van der Waals surface area contributed by atoms with E-state index in [0.717, 1.165) is 6.54 Å². The van der Waals surface area contributed by atoms with Gasteiger partial charge in [-0.3, -0.25) is 0 Å². The average molecular weight is 132 g/mol. The maximum absolute atomic E-state index is 5.14. The number of rotatable bonds is 2. The molecule has 0 aliphatic carbocycles. The first-order valence-corrected chi connectivity index (χ1v) is 2.12. The Bertz CT molecular complexity index is 15.0. The van der Waals surface area contributed by atoms with Gasteiger partial charge in [0, 0.05) is 0 Å². The predicted molar refractivity (Wildman–Crippen MR) is 24.0 cm³/mol. The molecule has 0 amide bonds. The molecule has 0 aromatic heterocycles. The van der Waals surface area contributed by atoms with Crippen molar-refractivity contribution >= 4 is 0 Å². The third kappa shape index (κ3) is 8.82. The van der Waals surface area contributed by atoms with E-state index in [4.69, 9.17) is 5.73 Å². The topological polar surface area (TPSA) is 26.0 Å². The van der Waals surface area contributed by atoms with Crippen LogP contribution in [-0.2, 0) is 16.8 Å². The van der Waals surface area contributed by atoms with E-state index in [1.54, 1.807) is 0 Å². The second-order valence-corrected chi connectivity index (χ2v) is 1.14. The van der Waals surface area contributed by atoms with Crippen LogP contribution in [0.25, 0.3) is 0 Å². The minimum atomic E-state index is 0. The summed E-state index contributed by atoms with van der Waals surface area (Å²) in [4.78, 5) is 0. The van der Waals surface area contributed by atoms with E-state index in [1.165, 1.54) is 12.8 Å². The SMILES string of the molecule is CCCCN.[Co+2]. The van der Waals surface area contributed by atoms with Gasteiger partial charge < -0.3 is 5.73 Å². The molecule has 2 N–H and O–H groups in total. The van der Waals surface area contributed by atoms with E-state index in [2.05, 4.69) is 6.92 Å². The van der Waals surface area contributed by atoms with Crippen LogP contribution in [0.1, 0.15) is 19.8 Å². The molecular formula is C4H11CoN+2. The molecule has 0 aliphatic heterocycles. The molecule has 39 valence electrons. The van der Waals surface area contributed by atoms with Gasteiger partial charge in [-0.1, -0.05) is 13.3 Å². The zero-order valence-corrected chi connectivity index (χ0v) is 5.07. The van der Waals surface area contributed by atoms with Crippen molar-refractivity contribution in [1.82, 2.24) is 0 Å². The van der Waals surface area contributed by atoms with E-state index >= 15 is 0 Å². The van der Waals surface area contributed by atoms with Crippen LogP contribution in [0.15, 0.2) is 0 Å². The van der Waals surface area contributed by atoms with Gasteiger partial charge in [-0.15, -0.1) is 0 Å². The quantitative estimate of drug-likeness (QED) is 0.589. The van der Waals surface area contributed by atoms with Crippen LogP contribution in [0.2, 0.25) is 0 Å². The summed E-state index contributed by atoms with van der Waals surface area (Å²) >= 11 is 0. The predicted octanol–water partition coefficient (Wildman–Crippen LogP) is 0.743. The maximum Gasteiger partial charge on any atom is 2.00 e. The maximum atomic E-state index is 5.14. The Hall–Kier alpha value is 0.466. The molecule has 1 radical (unpaired) electrons. The molecule has 0 bridgehead atoms. The molecule has 2 heteroatoms. The summed E-state index contributed by atoms with van der Waals surface area (Å²) in [5, 5.41) is 0. The summed E-state index contributed by atoms with van der Waals surface area (Å²) in [6, 6.07) is 0. The monoisotopic (exact) mass is 132 g/mol. The fourth-order valence-corrected chi connectivity index (χ4v) is 0.204. The Morgan fingerprint density at radius 2 is 2.00 bits per heavy atom. The summed E-state index contributed by atoms with van der Waals surface area (Å²) in [5.41, 5.74) is 5.14. The van der Waals surface area contributed by atoms with Crippen LogP contribution >= 0.6 is 0 Å². The Balaban J connectivity index is 0. The van der Waals surface area contributed by atoms with E-state index in [9.17, 15) is 0 Å². The summed E-state index contributed by atoms with van der Waals surface area (Å²) in [7, 11) is 0. The zero-order valence-electron chi connectivity index (χ0n) is 4.03. The third-order valence-corrected chi connectivity index (χ3v) is 0.558. The fraction of sp³-hybridized carbons (Fsp3) is 1.00. The van der Waals surface area contributed by atoms with Gasteiger partial charge in [0.15, 0.2) is 0 Å². The second kappa shape index (κ2) is 9.08. The Kier molecular flexibility index (Phi) is 14.7. The van der Waals surface area contributed by atoms with Crippen LogP contribution in [0.4, 0.5) is 0 Å². The number of hydrogen-bond donors (Lipinski definition) is 1. The Labute approximate surface area is 49.5 Å². The summed E-state index contributed by atoms with van der Waals surface area (Å²) in [6.07, 6.45) is 2.39. The number of nitrogens with two attached hydrogens (primary N) is 1. The summed E-state index contributed by atoms with van der Waals surface area (Å²) in [5.74, 6) is 0.